The van der Waals surface area contributed by atoms with E-state index in [1.807, 2.05) is 0 Å². The second-order valence-electron chi connectivity index (χ2n) is 6.47. The number of para-hydroxylation sites is 1. The number of rotatable bonds is 4. The third kappa shape index (κ3) is 2.84. The smallest absolute Gasteiger partial charge is 0.339 e. The average molecular weight is 423 g/mol. The van der Waals surface area contributed by atoms with Gasteiger partial charge in [-0.3, -0.25) is 0 Å². The van der Waals surface area contributed by atoms with Crippen LogP contribution in [0.1, 0.15) is 20.7 Å². The number of carbonyl (C=O) groups excluding carboxylic acids is 2. The van der Waals surface area contributed by atoms with Gasteiger partial charge in [-0.2, -0.15) is 0 Å². The fourth-order valence-corrected chi connectivity index (χ4v) is 5.12. The minimum Gasteiger partial charge on any atom is -0.465 e. The first-order chi connectivity index (χ1) is 14.4. The van der Waals surface area contributed by atoms with E-state index in [2.05, 4.69) is 0 Å². The van der Waals surface area contributed by atoms with E-state index in [0.717, 1.165) is 0 Å². The Kier molecular flexibility index (Phi) is 4.79. The Balaban J connectivity index is 2.21. The molecule has 4 rings (SSSR count). The monoisotopic (exact) mass is 423 g/mol. The molecule has 0 atom stereocenters. The van der Waals surface area contributed by atoms with Crippen LogP contribution in [0.25, 0.3) is 21.8 Å². The topological polar surface area (TPSA) is 91.7 Å². The van der Waals surface area contributed by atoms with E-state index >= 15 is 0 Å². The summed E-state index contributed by atoms with van der Waals surface area (Å²) in [4.78, 5) is 25.1. The summed E-state index contributed by atoms with van der Waals surface area (Å²) >= 11 is 0. The lowest BCUT2D eigenvalue weighted by Crippen LogP contribution is -2.14. The van der Waals surface area contributed by atoms with Gasteiger partial charge < -0.3 is 9.47 Å². The molecule has 0 bridgehead atoms. The number of nitrogens with zero attached hydrogens (tertiary/aromatic N) is 1. The summed E-state index contributed by atoms with van der Waals surface area (Å²) in [6, 6.07) is 17.6. The maximum atomic E-state index is 13.5. The van der Waals surface area contributed by atoms with Crippen LogP contribution in [-0.4, -0.2) is 38.5 Å². The lowest BCUT2D eigenvalue weighted by Gasteiger charge is -2.11. The van der Waals surface area contributed by atoms with Crippen molar-refractivity contribution in [1.29, 1.82) is 0 Å². The Morgan fingerprint density at radius 1 is 0.767 bits per heavy atom. The van der Waals surface area contributed by atoms with Crippen LogP contribution in [0.2, 0.25) is 0 Å². The maximum Gasteiger partial charge on any atom is 0.339 e. The molecular weight excluding hydrogens is 406 g/mol. The normalized spacial score (nSPS) is 11.5. The Morgan fingerprint density at radius 3 is 2.07 bits per heavy atom. The SMILES string of the molecule is COC(=O)c1ccc2c(c1C(=O)OC)c1ccccc1n2S(=O)(=O)c1ccccc1. The lowest BCUT2D eigenvalue weighted by atomic mass is 10.0. The highest BCUT2D eigenvalue weighted by Crippen LogP contribution is 2.36. The van der Waals surface area contributed by atoms with E-state index in [1.54, 1.807) is 42.5 Å². The van der Waals surface area contributed by atoms with Crippen LogP contribution in [0.3, 0.4) is 0 Å². The van der Waals surface area contributed by atoms with Crippen LogP contribution in [-0.2, 0) is 19.5 Å². The quantitative estimate of drug-likeness (QED) is 0.466. The summed E-state index contributed by atoms with van der Waals surface area (Å²) < 4.78 is 37.9. The van der Waals surface area contributed by atoms with Gasteiger partial charge in [-0.1, -0.05) is 36.4 Å². The number of ether oxygens (including phenoxy) is 2. The minimum absolute atomic E-state index is 0.00291. The van der Waals surface area contributed by atoms with Gasteiger partial charge in [0, 0.05) is 10.8 Å². The van der Waals surface area contributed by atoms with E-state index in [4.69, 9.17) is 9.47 Å². The molecule has 0 fully saturated rings. The standard InChI is InChI=1S/C22H17NO6S/c1-28-21(24)16-12-13-18-19(20(16)22(25)29-2)15-10-6-7-11-17(15)23(18)30(26,27)14-8-4-3-5-9-14/h3-13H,1-2H3. The van der Waals surface area contributed by atoms with Crippen LogP contribution in [0.15, 0.2) is 71.6 Å². The number of carbonyl (C=O) groups is 2. The number of methoxy groups -OCH3 is 2. The van der Waals surface area contributed by atoms with Gasteiger partial charge in [-0.15, -0.1) is 0 Å². The number of fused-ring (bicyclic) bond motifs is 3. The molecule has 0 aliphatic heterocycles. The minimum atomic E-state index is -3.99. The third-order valence-corrected chi connectivity index (χ3v) is 6.61. The Bertz CT molecular complexity index is 1400. The molecule has 0 saturated carbocycles. The molecule has 0 radical (unpaired) electrons. The third-order valence-electron chi connectivity index (χ3n) is 4.87. The molecular formula is C22H17NO6S. The summed E-state index contributed by atoms with van der Waals surface area (Å²) in [5, 5.41) is 0.804. The largest absolute Gasteiger partial charge is 0.465 e. The van der Waals surface area contributed by atoms with Crippen molar-refractivity contribution in [3.8, 4) is 0 Å². The Labute approximate surface area is 172 Å². The summed E-state index contributed by atoms with van der Waals surface area (Å²) in [6.45, 7) is 0. The van der Waals surface area contributed by atoms with Crippen LogP contribution in [0, 0.1) is 0 Å². The molecule has 0 aliphatic rings. The highest BCUT2D eigenvalue weighted by molar-refractivity contribution is 7.90. The second-order valence-corrected chi connectivity index (χ2v) is 8.25. The molecule has 8 heteroatoms. The molecule has 30 heavy (non-hydrogen) atoms. The first-order valence-corrected chi connectivity index (χ1v) is 10.4. The van der Waals surface area contributed by atoms with Gasteiger partial charge in [-0.05, 0) is 30.3 Å². The fourth-order valence-electron chi connectivity index (χ4n) is 3.58. The Morgan fingerprint density at radius 2 is 1.40 bits per heavy atom. The van der Waals surface area contributed by atoms with Gasteiger partial charge >= 0.3 is 11.9 Å². The summed E-state index contributed by atoms with van der Waals surface area (Å²) in [6.07, 6.45) is 0. The van der Waals surface area contributed by atoms with Crippen molar-refractivity contribution in [2.75, 3.05) is 14.2 Å². The Hall–Kier alpha value is -3.65. The molecule has 0 unspecified atom stereocenters. The van der Waals surface area contributed by atoms with Crippen molar-refractivity contribution in [2.45, 2.75) is 4.90 Å². The molecule has 0 N–H and O–H groups in total. The van der Waals surface area contributed by atoms with Crippen molar-refractivity contribution in [2.24, 2.45) is 0 Å². The van der Waals surface area contributed by atoms with E-state index in [9.17, 15) is 18.0 Å². The predicted molar refractivity (Wildman–Crippen MR) is 111 cm³/mol. The summed E-state index contributed by atoms with van der Waals surface area (Å²) in [7, 11) is -1.59. The number of benzene rings is 3. The molecule has 1 aromatic heterocycles. The average Bonchev–Trinajstić information content (AvgIpc) is 3.13. The van der Waals surface area contributed by atoms with Crippen LogP contribution >= 0.6 is 0 Å². The van der Waals surface area contributed by atoms with Gasteiger partial charge in [0.1, 0.15) is 0 Å². The van der Waals surface area contributed by atoms with Crippen molar-refractivity contribution in [3.05, 3.63) is 77.9 Å². The van der Waals surface area contributed by atoms with E-state index in [0.29, 0.717) is 16.3 Å². The van der Waals surface area contributed by atoms with Crippen molar-refractivity contribution >= 4 is 43.8 Å². The lowest BCUT2D eigenvalue weighted by molar-refractivity contribution is 0.0557. The van der Waals surface area contributed by atoms with E-state index in [-0.39, 0.29) is 21.5 Å². The molecule has 7 nitrogen and oxygen atoms in total. The fraction of sp³-hybridized carbons (Fsp3) is 0.0909. The number of hydrogen-bond donors (Lipinski definition) is 0. The van der Waals surface area contributed by atoms with E-state index < -0.39 is 22.0 Å². The van der Waals surface area contributed by atoms with Crippen LogP contribution in [0.5, 0.6) is 0 Å². The molecule has 4 aromatic rings. The second kappa shape index (κ2) is 7.31. The van der Waals surface area contributed by atoms with Crippen LogP contribution in [0.4, 0.5) is 0 Å². The molecule has 3 aromatic carbocycles. The van der Waals surface area contributed by atoms with Gasteiger partial charge in [-0.25, -0.2) is 22.0 Å². The first-order valence-electron chi connectivity index (χ1n) is 8.95. The highest BCUT2D eigenvalue weighted by Gasteiger charge is 2.29. The van der Waals surface area contributed by atoms with Crippen molar-refractivity contribution in [1.82, 2.24) is 3.97 Å². The number of hydrogen-bond acceptors (Lipinski definition) is 6. The highest BCUT2D eigenvalue weighted by atomic mass is 32.2. The molecule has 0 amide bonds. The predicted octanol–water partition coefficient (Wildman–Crippen LogP) is 3.60. The zero-order valence-electron chi connectivity index (χ0n) is 16.2. The van der Waals surface area contributed by atoms with Crippen molar-refractivity contribution < 1.29 is 27.5 Å². The number of aromatic nitrogens is 1. The summed E-state index contributed by atoms with van der Waals surface area (Å²) in [5.74, 6) is -1.49. The number of esters is 2. The van der Waals surface area contributed by atoms with Gasteiger partial charge in [0.05, 0.1) is 41.3 Å². The molecule has 0 saturated heterocycles. The van der Waals surface area contributed by atoms with Gasteiger partial charge in [0.2, 0.25) is 0 Å². The zero-order valence-corrected chi connectivity index (χ0v) is 17.0. The van der Waals surface area contributed by atoms with Crippen LogP contribution < -0.4 is 0 Å². The molecule has 152 valence electrons. The van der Waals surface area contributed by atoms with Gasteiger partial charge in [0.15, 0.2) is 0 Å². The maximum absolute atomic E-state index is 13.5. The van der Waals surface area contributed by atoms with Gasteiger partial charge in [0.25, 0.3) is 10.0 Å². The first kappa shape index (κ1) is 19.7. The summed E-state index contributed by atoms with van der Waals surface area (Å²) in [5.41, 5.74) is 0.591. The van der Waals surface area contributed by atoms with E-state index in [1.165, 1.54) is 42.5 Å². The molecule has 0 aliphatic carbocycles. The molecule has 1 heterocycles. The zero-order chi connectivity index (χ0) is 21.5. The van der Waals surface area contributed by atoms with Crippen molar-refractivity contribution in [3.63, 3.8) is 0 Å². The molecule has 0 spiro atoms.